The summed E-state index contributed by atoms with van der Waals surface area (Å²) >= 11 is 0. The second-order valence-electron chi connectivity index (χ2n) is 5.24. The maximum Gasteiger partial charge on any atom is 0.471 e. The van der Waals surface area contributed by atoms with E-state index in [2.05, 4.69) is 19.6 Å². The Morgan fingerprint density at radius 1 is 1.08 bits per heavy atom. The Hall–Kier alpha value is -2.74. The van der Waals surface area contributed by atoms with Gasteiger partial charge in [-0.2, -0.15) is 18.2 Å². The van der Waals surface area contributed by atoms with Gasteiger partial charge >= 0.3 is 12.1 Å². The number of pyridine rings is 1. The van der Waals surface area contributed by atoms with Gasteiger partial charge in [-0.1, -0.05) is 35.5 Å². The summed E-state index contributed by atoms with van der Waals surface area (Å²) in [6.07, 6.45) is -2.34. The highest BCUT2D eigenvalue weighted by molar-refractivity contribution is 5.55. The van der Waals surface area contributed by atoms with Gasteiger partial charge in [0.15, 0.2) is 0 Å². The molecule has 0 radical (unpaired) electrons. The SMILES string of the molecule is Cc1cncc(C(O)c2ccc(-c3noc(C(F)(F)F)n3)cc2)c1. The quantitative estimate of drug-likeness (QED) is 0.792. The van der Waals surface area contributed by atoms with Crippen LogP contribution in [-0.2, 0) is 6.18 Å². The van der Waals surface area contributed by atoms with Gasteiger partial charge < -0.3 is 9.63 Å². The molecule has 1 aromatic carbocycles. The largest absolute Gasteiger partial charge is 0.471 e. The van der Waals surface area contributed by atoms with E-state index in [1.165, 1.54) is 12.1 Å². The van der Waals surface area contributed by atoms with Gasteiger partial charge in [0.2, 0.25) is 5.82 Å². The van der Waals surface area contributed by atoms with Crippen molar-refractivity contribution in [3.05, 3.63) is 65.3 Å². The van der Waals surface area contributed by atoms with E-state index in [9.17, 15) is 18.3 Å². The second-order valence-corrected chi connectivity index (χ2v) is 5.24. The van der Waals surface area contributed by atoms with Crippen molar-refractivity contribution >= 4 is 0 Å². The summed E-state index contributed by atoms with van der Waals surface area (Å²) in [5, 5.41) is 13.7. The van der Waals surface area contributed by atoms with E-state index in [1.54, 1.807) is 30.6 Å². The number of nitrogens with zero attached hydrogens (tertiary/aromatic N) is 3. The van der Waals surface area contributed by atoms with Crippen LogP contribution in [0.4, 0.5) is 13.2 Å². The van der Waals surface area contributed by atoms with Crippen LogP contribution in [0.3, 0.4) is 0 Å². The zero-order valence-corrected chi connectivity index (χ0v) is 12.4. The Balaban J connectivity index is 1.84. The van der Waals surface area contributed by atoms with Crippen LogP contribution in [0.5, 0.6) is 0 Å². The molecule has 0 saturated heterocycles. The van der Waals surface area contributed by atoms with E-state index in [1.807, 2.05) is 6.92 Å². The fourth-order valence-corrected chi connectivity index (χ4v) is 2.19. The number of alkyl halides is 3. The zero-order chi connectivity index (χ0) is 17.3. The van der Waals surface area contributed by atoms with Crippen molar-refractivity contribution in [2.75, 3.05) is 0 Å². The van der Waals surface area contributed by atoms with Crippen LogP contribution < -0.4 is 0 Å². The van der Waals surface area contributed by atoms with E-state index < -0.39 is 18.2 Å². The highest BCUT2D eigenvalue weighted by atomic mass is 19.4. The highest BCUT2D eigenvalue weighted by Gasteiger charge is 2.38. The van der Waals surface area contributed by atoms with E-state index >= 15 is 0 Å². The molecule has 0 aliphatic rings. The van der Waals surface area contributed by atoms with Gasteiger partial charge in [0.1, 0.15) is 6.10 Å². The fourth-order valence-electron chi connectivity index (χ4n) is 2.19. The summed E-state index contributed by atoms with van der Waals surface area (Å²) in [5.74, 6) is -1.56. The van der Waals surface area contributed by atoms with Crippen molar-refractivity contribution in [2.45, 2.75) is 19.2 Å². The smallest absolute Gasteiger partial charge is 0.384 e. The van der Waals surface area contributed by atoms with Crippen LogP contribution in [0.2, 0.25) is 0 Å². The summed E-state index contributed by atoms with van der Waals surface area (Å²) in [5.41, 5.74) is 2.47. The van der Waals surface area contributed by atoms with Crippen molar-refractivity contribution in [3.8, 4) is 11.4 Å². The lowest BCUT2D eigenvalue weighted by Crippen LogP contribution is -2.04. The van der Waals surface area contributed by atoms with Gasteiger partial charge in [0.25, 0.3) is 0 Å². The maximum absolute atomic E-state index is 12.5. The normalized spacial score (nSPS) is 13.0. The van der Waals surface area contributed by atoms with E-state index in [0.29, 0.717) is 16.7 Å². The summed E-state index contributed by atoms with van der Waals surface area (Å²) in [7, 11) is 0. The Morgan fingerprint density at radius 2 is 1.79 bits per heavy atom. The summed E-state index contributed by atoms with van der Waals surface area (Å²) in [4.78, 5) is 7.34. The number of aliphatic hydroxyl groups excluding tert-OH is 1. The molecule has 2 heterocycles. The number of aliphatic hydroxyl groups is 1. The molecule has 124 valence electrons. The average Bonchev–Trinajstić information content (AvgIpc) is 3.04. The number of rotatable bonds is 3. The zero-order valence-electron chi connectivity index (χ0n) is 12.4. The minimum Gasteiger partial charge on any atom is -0.384 e. The van der Waals surface area contributed by atoms with Crippen LogP contribution >= 0.6 is 0 Å². The van der Waals surface area contributed by atoms with E-state index in [0.717, 1.165) is 5.56 Å². The fraction of sp³-hybridized carbons (Fsp3) is 0.188. The summed E-state index contributed by atoms with van der Waals surface area (Å²) < 4.78 is 41.6. The number of hydrogen-bond donors (Lipinski definition) is 1. The van der Waals surface area contributed by atoms with Crippen molar-refractivity contribution in [1.29, 1.82) is 0 Å². The van der Waals surface area contributed by atoms with Crippen molar-refractivity contribution < 1.29 is 22.8 Å². The Labute approximate surface area is 134 Å². The molecule has 2 aromatic heterocycles. The molecular formula is C16H12F3N3O2. The van der Waals surface area contributed by atoms with Crippen LogP contribution in [0.25, 0.3) is 11.4 Å². The Bertz CT molecular complexity index is 844. The lowest BCUT2D eigenvalue weighted by atomic mass is 10.0. The van der Waals surface area contributed by atoms with Crippen LogP contribution in [-0.4, -0.2) is 20.2 Å². The number of aromatic nitrogens is 3. The predicted molar refractivity (Wildman–Crippen MR) is 77.8 cm³/mol. The molecular weight excluding hydrogens is 323 g/mol. The monoisotopic (exact) mass is 335 g/mol. The molecule has 3 rings (SSSR count). The number of halogens is 3. The molecule has 8 heteroatoms. The first kappa shape index (κ1) is 16.1. The van der Waals surface area contributed by atoms with Gasteiger partial charge in [0.05, 0.1) is 0 Å². The lowest BCUT2D eigenvalue weighted by molar-refractivity contribution is -0.159. The van der Waals surface area contributed by atoms with Crippen molar-refractivity contribution in [1.82, 2.24) is 15.1 Å². The number of benzene rings is 1. The van der Waals surface area contributed by atoms with Gasteiger partial charge in [-0.15, -0.1) is 0 Å². The molecule has 1 unspecified atom stereocenters. The first-order valence-electron chi connectivity index (χ1n) is 6.95. The van der Waals surface area contributed by atoms with Crippen molar-refractivity contribution in [2.24, 2.45) is 0 Å². The average molecular weight is 335 g/mol. The maximum atomic E-state index is 12.5. The summed E-state index contributed by atoms with van der Waals surface area (Å²) in [6, 6.07) is 8.03. The third-order valence-corrected chi connectivity index (χ3v) is 3.37. The molecule has 3 aromatic rings. The third kappa shape index (κ3) is 3.28. The predicted octanol–water partition coefficient (Wildman–Crippen LogP) is 3.54. The molecule has 24 heavy (non-hydrogen) atoms. The molecule has 0 saturated carbocycles. The van der Waals surface area contributed by atoms with Gasteiger partial charge in [0, 0.05) is 23.5 Å². The molecule has 0 fully saturated rings. The van der Waals surface area contributed by atoms with Crippen molar-refractivity contribution in [3.63, 3.8) is 0 Å². The third-order valence-electron chi connectivity index (χ3n) is 3.37. The molecule has 1 N–H and O–H groups in total. The number of aryl methyl sites for hydroxylation is 1. The van der Waals surface area contributed by atoms with Crippen LogP contribution in [0.15, 0.2) is 47.2 Å². The molecule has 0 aliphatic heterocycles. The minimum absolute atomic E-state index is 0.166. The van der Waals surface area contributed by atoms with E-state index in [-0.39, 0.29) is 5.82 Å². The lowest BCUT2D eigenvalue weighted by Gasteiger charge is -2.11. The highest BCUT2D eigenvalue weighted by Crippen LogP contribution is 2.30. The van der Waals surface area contributed by atoms with Crippen LogP contribution in [0, 0.1) is 6.92 Å². The van der Waals surface area contributed by atoms with Gasteiger partial charge in [-0.25, -0.2) is 0 Å². The number of hydrogen-bond acceptors (Lipinski definition) is 5. The molecule has 0 bridgehead atoms. The minimum atomic E-state index is -4.68. The standard InChI is InChI=1S/C16H12F3N3O2/c1-9-6-12(8-20-7-9)13(23)10-2-4-11(5-3-10)14-21-15(24-22-14)16(17,18)19/h2-8,13,23H,1H3. The molecule has 0 spiro atoms. The van der Waals surface area contributed by atoms with E-state index in [4.69, 9.17) is 0 Å². The Morgan fingerprint density at radius 3 is 2.38 bits per heavy atom. The van der Waals surface area contributed by atoms with Crippen LogP contribution in [0.1, 0.15) is 28.7 Å². The topological polar surface area (TPSA) is 72.0 Å². The Kier molecular flexibility index (Phi) is 4.06. The van der Waals surface area contributed by atoms with Gasteiger partial charge in [-0.3, -0.25) is 4.98 Å². The summed E-state index contributed by atoms with van der Waals surface area (Å²) in [6.45, 7) is 1.86. The van der Waals surface area contributed by atoms with Gasteiger partial charge in [-0.05, 0) is 18.1 Å². The molecule has 1 atom stereocenters. The molecule has 0 aliphatic carbocycles. The first-order chi connectivity index (χ1) is 11.3. The molecule has 0 amide bonds. The first-order valence-corrected chi connectivity index (χ1v) is 6.95. The second kappa shape index (κ2) is 6.04. The molecule has 5 nitrogen and oxygen atoms in total.